The van der Waals surface area contributed by atoms with E-state index in [-0.39, 0.29) is 0 Å². The third-order valence-corrected chi connectivity index (χ3v) is 3.53. The average Bonchev–Trinajstić information content (AvgIpc) is 2.71. The average molecular weight is 386 g/mol. The largest absolute Gasteiger partial charge is 0.493 e. The zero-order valence-electron chi connectivity index (χ0n) is 15.7. The highest BCUT2D eigenvalue weighted by Crippen LogP contribution is 2.28. The van der Waals surface area contributed by atoms with Crippen molar-refractivity contribution in [3.05, 3.63) is 53.6 Å². The number of para-hydroxylation sites is 1. The molecule has 0 saturated carbocycles. The maximum Gasteiger partial charge on any atom is 0.341 e. The summed E-state index contributed by atoms with van der Waals surface area (Å²) in [6, 6.07) is 11.6. The van der Waals surface area contributed by atoms with Crippen LogP contribution in [0.4, 0.5) is 0 Å². The molecule has 8 nitrogen and oxygen atoms in total. The molecule has 28 heavy (non-hydrogen) atoms. The number of carbonyl (C=O) groups excluding carboxylic acids is 1. The van der Waals surface area contributed by atoms with E-state index in [9.17, 15) is 9.59 Å². The van der Waals surface area contributed by atoms with Crippen LogP contribution >= 0.6 is 0 Å². The quantitative estimate of drug-likeness (QED) is 0.480. The topological polar surface area (TPSA) is 106 Å². The van der Waals surface area contributed by atoms with Gasteiger partial charge in [-0.2, -0.15) is 5.10 Å². The summed E-state index contributed by atoms with van der Waals surface area (Å²) in [7, 11) is 1.50. The zero-order chi connectivity index (χ0) is 20.4. The molecular formula is C20H22N2O6. The van der Waals surface area contributed by atoms with E-state index >= 15 is 0 Å². The molecule has 0 heterocycles. The van der Waals surface area contributed by atoms with Gasteiger partial charge in [0.1, 0.15) is 5.75 Å². The fraction of sp³-hybridized carbons (Fsp3) is 0.250. The fourth-order valence-corrected chi connectivity index (χ4v) is 2.22. The third-order valence-electron chi connectivity index (χ3n) is 3.53. The van der Waals surface area contributed by atoms with Crippen LogP contribution in [0.5, 0.6) is 17.2 Å². The van der Waals surface area contributed by atoms with Crippen LogP contribution in [0.15, 0.2) is 47.6 Å². The van der Waals surface area contributed by atoms with E-state index in [0.29, 0.717) is 35.0 Å². The summed E-state index contributed by atoms with van der Waals surface area (Å²) in [5.74, 6) is -0.144. The standard InChI is InChI=1S/C20H22N2O6/c1-3-10-27-17-9-8-14(11-18(17)26-2)20(25)22-21-12-15-6-4-5-7-16(15)28-13-19(23)24/h4-9,11-12H,3,10,13H2,1-2H3,(H,22,25)(H,23,24)/b21-12+. The molecular weight excluding hydrogens is 364 g/mol. The van der Waals surface area contributed by atoms with E-state index in [2.05, 4.69) is 10.5 Å². The first kappa shape index (κ1) is 20.8. The Kier molecular flexibility index (Phi) is 7.83. The van der Waals surface area contributed by atoms with Crippen LogP contribution in [0.3, 0.4) is 0 Å². The predicted molar refractivity (Wildman–Crippen MR) is 103 cm³/mol. The van der Waals surface area contributed by atoms with Crippen molar-refractivity contribution in [3.8, 4) is 17.2 Å². The van der Waals surface area contributed by atoms with E-state index < -0.39 is 18.5 Å². The fourth-order valence-electron chi connectivity index (χ4n) is 2.22. The van der Waals surface area contributed by atoms with E-state index in [4.69, 9.17) is 19.3 Å². The van der Waals surface area contributed by atoms with Crippen LogP contribution < -0.4 is 19.6 Å². The molecule has 0 fully saturated rings. The molecule has 2 aromatic rings. The molecule has 0 aliphatic rings. The molecule has 0 aliphatic carbocycles. The summed E-state index contributed by atoms with van der Waals surface area (Å²) in [5.41, 5.74) is 3.30. The van der Waals surface area contributed by atoms with Crippen LogP contribution in [0, 0.1) is 0 Å². The lowest BCUT2D eigenvalue weighted by atomic mass is 10.2. The molecule has 148 valence electrons. The second kappa shape index (κ2) is 10.6. The molecule has 0 saturated heterocycles. The van der Waals surface area contributed by atoms with E-state index in [0.717, 1.165) is 6.42 Å². The molecule has 0 bridgehead atoms. The number of carbonyl (C=O) groups is 2. The molecule has 2 aromatic carbocycles. The van der Waals surface area contributed by atoms with Crippen molar-refractivity contribution in [1.29, 1.82) is 0 Å². The number of carboxylic acid groups (broad SMARTS) is 1. The number of nitrogens with zero attached hydrogens (tertiary/aromatic N) is 1. The summed E-state index contributed by atoms with van der Waals surface area (Å²) < 4.78 is 16.0. The van der Waals surface area contributed by atoms with Gasteiger partial charge in [-0.3, -0.25) is 4.79 Å². The molecule has 0 unspecified atom stereocenters. The first-order chi connectivity index (χ1) is 13.5. The highest BCUT2D eigenvalue weighted by molar-refractivity contribution is 5.95. The normalized spacial score (nSPS) is 10.5. The number of amides is 1. The number of rotatable bonds is 10. The first-order valence-electron chi connectivity index (χ1n) is 8.63. The number of nitrogens with one attached hydrogen (secondary N) is 1. The number of hydrogen-bond donors (Lipinski definition) is 2. The summed E-state index contributed by atoms with van der Waals surface area (Å²) >= 11 is 0. The van der Waals surface area contributed by atoms with Gasteiger partial charge in [0.15, 0.2) is 18.1 Å². The van der Waals surface area contributed by atoms with Crippen LogP contribution in [-0.4, -0.2) is 43.5 Å². The minimum absolute atomic E-state index is 0.349. The lowest BCUT2D eigenvalue weighted by Gasteiger charge is -2.11. The van der Waals surface area contributed by atoms with E-state index in [1.54, 1.807) is 42.5 Å². The van der Waals surface area contributed by atoms with Crippen LogP contribution in [0.1, 0.15) is 29.3 Å². The van der Waals surface area contributed by atoms with E-state index in [1.165, 1.54) is 13.3 Å². The summed E-state index contributed by atoms with van der Waals surface area (Å²) in [4.78, 5) is 22.9. The Labute approximate surface area is 162 Å². The Morgan fingerprint density at radius 2 is 1.89 bits per heavy atom. The molecule has 0 atom stereocenters. The van der Waals surface area contributed by atoms with Crippen molar-refractivity contribution in [3.63, 3.8) is 0 Å². The van der Waals surface area contributed by atoms with Gasteiger partial charge in [-0.15, -0.1) is 0 Å². The Morgan fingerprint density at radius 1 is 1.11 bits per heavy atom. The second-order valence-electron chi connectivity index (χ2n) is 5.63. The number of methoxy groups -OCH3 is 1. The molecule has 2 N–H and O–H groups in total. The molecule has 0 spiro atoms. The number of benzene rings is 2. The Morgan fingerprint density at radius 3 is 2.61 bits per heavy atom. The maximum atomic E-state index is 12.3. The Balaban J connectivity index is 2.05. The second-order valence-corrected chi connectivity index (χ2v) is 5.63. The number of ether oxygens (including phenoxy) is 3. The van der Waals surface area contributed by atoms with Gasteiger partial charge in [-0.25, -0.2) is 10.2 Å². The summed E-state index contributed by atoms with van der Waals surface area (Å²) in [6.45, 7) is 2.08. The lowest BCUT2D eigenvalue weighted by molar-refractivity contribution is -0.139. The predicted octanol–water partition coefficient (Wildman–Crippen LogP) is 2.71. The maximum absolute atomic E-state index is 12.3. The number of hydrogen-bond acceptors (Lipinski definition) is 6. The van der Waals surface area contributed by atoms with Gasteiger partial charge in [0.25, 0.3) is 5.91 Å². The van der Waals surface area contributed by atoms with Crippen molar-refractivity contribution in [2.24, 2.45) is 5.10 Å². The van der Waals surface area contributed by atoms with Gasteiger partial charge in [0, 0.05) is 11.1 Å². The number of aliphatic carboxylic acids is 1. The van der Waals surface area contributed by atoms with Crippen molar-refractivity contribution >= 4 is 18.1 Å². The van der Waals surface area contributed by atoms with Gasteiger partial charge in [-0.1, -0.05) is 19.1 Å². The monoisotopic (exact) mass is 386 g/mol. The molecule has 2 rings (SSSR count). The SMILES string of the molecule is CCCOc1ccc(C(=O)N/N=C/c2ccccc2OCC(=O)O)cc1OC. The lowest BCUT2D eigenvalue weighted by Crippen LogP contribution is -2.18. The first-order valence-corrected chi connectivity index (χ1v) is 8.63. The zero-order valence-corrected chi connectivity index (χ0v) is 15.7. The summed E-state index contributed by atoms with van der Waals surface area (Å²) in [6.07, 6.45) is 2.24. The molecule has 1 amide bonds. The number of hydrazone groups is 1. The molecule has 0 radical (unpaired) electrons. The highest BCUT2D eigenvalue weighted by Gasteiger charge is 2.11. The van der Waals surface area contributed by atoms with Crippen LogP contribution in [0.25, 0.3) is 0 Å². The molecule has 0 aliphatic heterocycles. The van der Waals surface area contributed by atoms with Crippen molar-refractivity contribution in [2.45, 2.75) is 13.3 Å². The summed E-state index contributed by atoms with van der Waals surface area (Å²) in [5, 5.41) is 12.6. The smallest absolute Gasteiger partial charge is 0.341 e. The van der Waals surface area contributed by atoms with Crippen molar-refractivity contribution in [2.75, 3.05) is 20.3 Å². The minimum Gasteiger partial charge on any atom is -0.493 e. The van der Waals surface area contributed by atoms with Crippen LogP contribution in [0.2, 0.25) is 0 Å². The number of carboxylic acids is 1. The van der Waals surface area contributed by atoms with Gasteiger partial charge >= 0.3 is 5.97 Å². The van der Waals surface area contributed by atoms with Gasteiger partial charge < -0.3 is 19.3 Å². The minimum atomic E-state index is -1.08. The Hall–Kier alpha value is -3.55. The molecule has 8 heteroatoms. The van der Waals surface area contributed by atoms with E-state index in [1.807, 2.05) is 6.92 Å². The van der Waals surface area contributed by atoms with Crippen molar-refractivity contribution in [1.82, 2.24) is 5.43 Å². The van der Waals surface area contributed by atoms with Crippen LogP contribution in [-0.2, 0) is 4.79 Å². The van der Waals surface area contributed by atoms with Gasteiger partial charge in [0.2, 0.25) is 0 Å². The third kappa shape index (κ3) is 6.01. The molecule has 0 aromatic heterocycles. The Bertz CT molecular complexity index is 850. The van der Waals surface area contributed by atoms with Gasteiger partial charge in [0.05, 0.1) is 19.9 Å². The highest BCUT2D eigenvalue weighted by atomic mass is 16.5. The van der Waals surface area contributed by atoms with Gasteiger partial charge in [-0.05, 0) is 36.8 Å². The van der Waals surface area contributed by atoms with Crippen molar-refractivity contribution < 1.29 is 28.9 Å².